The molecule has 7 heteroatoms. The van der Waals surface area contributed by atoms with E-state index in [4.69, 9.17) is 0 Å². The molecule has 3 aromatic heterocycles. The largest absolute Gasteiger partial charge is 0.360 e. The molecule has 0 aliphatic rings. The van der Waals surface area contributed by atoms with Crippen molar-refractivity contribution in [1.82, 2.24) is 19.7 Å². The molecule has 0 unspecified atom stereocenters. The third-order valence-corrected chi connectivity index (χ3v) is 4.31. The van der Waals surface area contributed by atoms with Crippen molar-refractivity contribution in [2.45, 2.75) is 0 Å². The number of nitrogens with zero attached hydrogens (tertiary/aromatic N) is 3. The monoisotopic (exact) mass is 323 g/mol. The summed E-state index contributed by atoms with van der Waals surface area (Å²) < 4.78 is 1.59. The number of nitrogens with one attached hydrogen (secondary N) is 2. The minimum Gasteiger partial charge on any atom is -0.360 e. The van der Waals surface area contributed by atoms with E-state index < -0.39 is 0 Å². The van der Waals surface area contributed by atoms with Crippen LogP contribution < -0.4 is 5.32 Å². The molecule has 23 heavy (non-hydrogen) atoms. The van der Waals surface area contributed by atoms with Crippen molar-refractivity contribution in [3.8, 4) is 11.3 Å². The van der Waals surface area contributed by atoms with Gasteiger partial charge in [-0.15, -0.1) is 11.3 Å². The van der Waals surface area contributed by atoms with Gasteiger partial charge in [-0.1, -0.05) is 18.2 Å². The number of amides is 1. The number of hydrogen-bond acceptors (Lipinski definition) is 4. The van der Waals surface area contributed by atoms with Crippen molar-refractivity contribution in [3.05, 3.63) is 53.8 Å². The first-order chi connectivity index (χ1) is 11.2. The Morgan fingerprint density at radius 1 is 1.35 bits per heavy atom. The molecular formula is C16H13N5OS. The van der Waals surface area contributed by atoms with Gasteiger partial charge in [0.1, 0.15) is 0 Å². The van der Waals surface area contributed by atoms with Crippen molar-refractivity contribution >= 4 is 33.3 Å². The van der Waals surface area contributed by atoms with E-state index in [1.165, 1.54) is 17.5 Å². The summed E-state index contributed by atoms with van der Waals surface area (Å²) in [6.07, 6.45) is 5.14. The topological polar surface area (TPSA) is 75.6 Å². The van der Waals surface area contributed by atoms with E-state index in [9.17, 15) is 4.79 Å². The molecule has 114 valence electrons. The lowest BCUT2D eigenvalue weighted by molar-refractivity contribution is 0.102. The number of aryl methyl sites for hydroxylation is 1. The molecule has 4 aromatic rings. The maximum absolute atomic E-state index is 12.1. The summed E-state index contributed by atoms with van der Waals surface area (Å²) in [5.74, 6) is -0.210. The third-order valence-electron chi connectivity index (χ3n) is 3.56. The van der Waals surface area contributed by atoms with Gasteiger partial charge in [-0.2, -0.15) is 5.10 Å². The number of carbonyl (C=O) groups excluding carboxylic acids is 1. The summed E-state index contributed by atoms with van der Waals surface area (Å²) in [5.41, 5.74) is 3.44. The Labute approximate surface area is 135 Å². The highest BCUT2D eigenvalue weighted by atomic mass is 32.1. The van der Waals surface area contributed by atoms with E-state index in [0.717, 1.165) is 22.2 Å². The van der Waals surface area contributed by atoms with Crippen LogP contribution in [0.5, 0.6) is 0 Å². The Kier molecular flexibility index (Phi) is 3.20. The number of H-pyrrole nitrogens is 1. The highest BCUT2D eigenvalue weighted by Crippen LogP contribution is 2.30. The zero-order valence-electron chi connectivity index (χ0n) is 12.3. The van der Waals surface area contributed by atoms with Gasteiger partial charge < -0.3 is 4.98 Å². The Morgan fingerprint density at radius 3 is 3.04 bits per heavy atom. The quantitative estimate of drug-likeness (QED) is 0.607. The number of hydrogen-bond donors (Lipinski definition) is 2. The lowest BCUT2D eigenvalue weighted by Gasteiger charge is -1.98. The van der Waals surface area contributed by atoms with Gasteiger partial charge in [-0.25, -0.2) is 4.98 Å². The lowest BCUT2D eigenvalue weighted by Crippen LogP contribution is -2.10. The molecule has 0 aliphatic heterocycles. The molecule has 2 N–H and O–H groups in total. The fourth-order valence-electron chi connectivity index (χ4n) is 2.45. The van der Waals surface area contributed by atoms with Crippen LogP contribution in [0.25, 0.3) is 22.2 Å². The molecule has 0 saturated heterocycles. The maximum Gasteiger partial charge on any atom is 0.260 e. The standard InChI is InChI=1S/C16H13N5OS/c1-21-8-10(6-18-21)15(22)20-16-19-14(9-23-16)12-7-17-13-5-3-2-4-11(12)13/h2-9,17H,1H3,(H,19,20,22). The van der Waals surface area contributed by atoms with Gasteiger partial charge in [-0.05, 0) is 6.07 Å². The Hall–Kier alpha value is -2.93. The summed E-state index contributed by atoms with van der Waals surface area (Å²) in [4.78, 5) is 19.9. The molecule has 1 amide bonds. The molecule has 3 heterocycles. The van der Waals surface area contributed by atoms with Gasteiger partial charge in [0.25, 0.3) is 5.91 Å². The molecule has 6 nitrogen and oxygen atoms in total. The van der Waals surface area contributed by atoms with Crippen LogP contribution in [0.15, 0.2) is 48.2 Å². The number of rotatable bonds is 3. The van der Waals surface area contributed by atoms with Gasteiger partial charge in [-0.3, -0.25) is 14.8 Å². The second kappa shape index (κ2) is 5.36. The first-order valence-corrected chi connectivity index (χ1v) is 7.91. The number of para-hydroxylation sites is 1. The minimum atomic E-state index is -0.210. The van der Waals surface area contributed by atoms with Crippen LogP contribution in [0.3, 0.4) is 0 Å². The van der Waals surface area contributed by atoms with Crippen molar-refractivity contribution < 1.29 is 4.79 Å². The molecule has 1 aromatic carbocycles. The smallest absolute Gasteiger partial charge is 0.260 e. The van der Waals surface area contributed by atoms with E-state index in [-0.39, 0.29) is 5.91 Å². The second-order valence-corrected chi connectivity index (χ2v) is 6.00. The van der Waals surface area contributed by atoms with E-state index in [0.29, 0.717) is 10.7 Å². The van der Waals surface area contributed by atoms with Gasteiger partial charge in [0, 0.05) is 41.3 Å². The zero-order chi connectivity index (χ0) is 15.8. The summed E-state index contributed by atoms with van der Waals surface area (Å²) >= 11 is 1.40. The zero-order valence-corrected chi connectivity index (χ0v) is 13.1. The van der Waals surface area contributed by atoms with Crippen molar-refractivity contribution in [1.29, 1.82) is 0 Å². The summed E-state index contributed by atoms with van der Waals surface area (Å²) in [6, 6.07) is 8.06. The highest BCUT2D eigenvalue weighted by molar-refractivity contribution is 7.14. The van der Waals surface area contributed by atoms with E-state index >= 15 is 0 Å². The van der Waals surface area contributed by atoms with Crippen LogP contribution >= 0.6 is 11.3 Å². The lowest BCUT2D eigenvalue weighted by atomic mass is 10.1. The predicted molar refractivity (Wildman–Crippen MR) is 90.6 cm³/mol. The Balaban J connectivity index is 1.60. The minimum absolute atomic E-state index is 0.210. The van der Waals surface area contributed by atoms with E-state index in [1.54, 1.807) is 17.9 Å². The molecule has 0 bridgehead atoms. The van der Waals surface area contributed by atoms with Gasteiger partial charge in [0.15, 0.2) is 5.13 Å². The van der Waals surface area contributed by atoms with Crippen LogP contribution in [-0.4, -0.2) is 25.7 Å². The summed E-state index contributed by atoms with van der Waals surface area (Å²) in [7, 11) is 1.77. The van der Waals surface area contributed by atoms with Crippen molar-refractivity contribution in [2.24, 2.45) is 7.05 Å². The first-order valence-electron chi connectivity index (χ1n) is 7.03. The average Bonchev–Trinajstić information content (AvgIpc) is 3.26. The van der Waals surface area contributed by atoms with Crippen LogP contribution in [0.1, 0.15) is 10.4 Å². The second-order valence-electron chi connectivity index (χ2n) is 5.14. The van der Waals surface area contributed by atoms with Crippen LogP contribution in [0, 0.1) is 0 Å². The van der Waals surface area contributed by atoms with Gasteiger partial charge in [0.05, 0.1) is 17.5 Å². The number of benzene rings is 1. The third kappa shape index (κ3) is 2.51. The molecule has 0 aliphatic carbocycles. The maximum atomic E-state index is 12.1. The van der Waals surface area contributed by atoms with Gasteiger partial charge in [0.2, 0.25) is 0 Å². The number of aromatic amines is 1. The first kappa shape index (κ1) is 13.7. The van der Waals surface area contributed by atoms with E-state index in [1.807, 2.05) is 29.8 Å². The van der Waals surface area contributed by atoms with Crippen LogP contribution in [0.4, 0.5) is 5.13 Å². The SMILES string of the molecule is Cn1cc(C(=O)Nc2nc(-c3c[nH]c4ccccc34)cs2)cn1. The predicted octanol–water partition coefficient (Wildman–Crippen LogP) is 3.28. The Bertz CT molecular complexity index is 997. The fourth-order valence-corrected chi connectivity index (χ4v) is 3.15. The molecule has 4 rings (SSSR count). The summed E-state index contributed by atoms with van der Waals surface area (Å²) in [5, 5.41) is 10.4. The summed E-state index contributed by atoms with van der Waals surface area (Å²) in [6.45, 7) is 0. The normalized spacial score (nSPS) is 11.0. The number of aromatic nitrogens is 4. The van der Waals surface area contributed by atoms with E-state index in [2.05, 4.69) is 26.4 Å². The van der Waals surface area contributed by atoms with Crippen molar-refractivity contribution in [2.75, 3.05) is 5.32 Å². The highest BCUT2D eigenvalue weighted by Gasteiger charge is 2.13. The van der Waals surface area contributed by atoms with Crippen molar-refractivity contribution in [3.63, 3.8) is 0 Å². The molecule has 0 spiro atoms. The molecule has 0 saturated carbocycles. The fraction of sp³-hybridized carbons (Fsp3) is 0.0625. The number of thiazole rings is 1. The molecule has 0 radical (unpaired) electrons. The van der Waals surface area contributed by atoms with Crippen LogP contribution in [-0.2, 0) is 7.05 Å². The van der Waals surface area contributed by atoms with Crippen LogP contribution in [0.2, 0.25) is 0 Å². The molecular weight excluding hydrogens is 310 g/mol. The van der Waals surface area contributed by atoms with Gasteiger partial charge >= 0.3 is 0 Å². The number of fused-ring (bicyclic) bond motifs is 1. The average molecular weight is 323 g/mol. The Morgan fingerprint density at radius 2 is 2.22 bits per heavy atom. The number of carbonyl (C=O) groups is 1. The molecule has 0 atom stereocenters. The number of anilines is 1. The molecule has 0 fully saturated rings.